The molecule has 0 aliphatic heterocycles. The zero-order valence-electron chi connectivity index (χ0n) is 8.03. The number of hydrazine groups is 1. The third-order valence-electron chi connectivity index (χ3n) is 2.16. The molecule has 1 unspecified atom stereocenters. The lowest BCUT2D eigenvalue weighted by atomic mass is 9.96. The van der Waals surface area contributed by atoms with Gasteiger partial charge in [-0.05, 0) is 24.1 Å². The molecule has 0 aromatic heterocycles. The minimum absolute atomic E-state index is 0.455. The van der Waals surface area contributed by atoms with Gasteiger partial charge in [0.25, 0.3) is 0 Å². The number of anilines is 1. The van der Waals surface area contributed by atoms with Crippen molar-refractivity contribution in [2.75, 3.05) is 5.43 Å². The maximum absolute atomic E-state index is 10.9. The Morgan fingerprint density at radius 1 is 1.64 bits per heavy atom. The number of carbonyl (C=O) groups is 1. The quantitative estimate of drug-likeness (QED) is 0.502. The molecule has 4 N–H and O–H groups in total. The Balaban J connectivity index is 2.98. The molecule has 0 bridgehead atoms. The van der Waals surface area contributed by atoms with Crippen LogP contribution in [-0.2, 0) is 4.79 Å². The van der Waals surface area contributed by atoms with Crippen LogP contribution < -0.4 is 11.3 Å². The van der Waals surface area contributed by atoms with Gasteiger partial charge in [-0.3, -0.25) is 10.6 Å². The molecule has 4 heteroatoms. The molecule has 0 saturated carbocycles. The molecule has 1 atom stereocenters. The molecule has 1 rings (SSSR count). The highest BCUT2D eigenvalue weighted by atomic mass is 16.4. The minimum atomic E-state index is -0.804. The highest BCUT2D eigenvalue weighted by Crippen LogP contribution is 2.22. The summed E-state index contributed by atoms with van der Waals surface area (Å²) in [6.45, 7) is 1.85. The van der Waals surface area contributed by atoms with E-state index in [2.05, 4.69) is 5.43 Å². The average molecular weight is 194 g/mol. The zero-order chi connectivity index (χ0) is 10.6. The number of nitrogens with two attached hydrogens (primary N) is 1. The van der Waals surface area contributed by atoms with Gasteiger partial charge in [-0.25, -0.2) is 0 Å². The van der Waals surface area contributed by atoms with Crippen molar-refractivity contribution in [2.45, 2.75) is 19.3 Å². The van der Waals surface area contributed by atoms with E-state index in [9.17, 15) is 4.79 Å². The minimum Gasteiger partial charge on any atom is -0.481 e. The standard InChI is InChI=1S/C10H14N2O2/c1-2-9(10(13)14)7-4-3-5-8(6-7)12-11/h3-6,9,12H,2,11H2,1H3,(H,13,14). The molecular weight excluding hydrogens is 180 g/mol. The third-order valence-corrected chi connectivity index (χ3v) is 2.16. The lowest BCUT2D eigenvalue weighted by Crippen LogP contribution is -2.12. The number of nitrogens with one attached hydrogen (secondary N) is 1. The summed E-state index contributed by atoms with van der Waals surface area (Å²) in [5.74, 6) is 3.98. The Morgan fingerprint density at radius 2 is 2.36 bits per heavy atom. The van der Waals surface area contributed by atoms with E-state index >= 15 is 0 Å². The van der Waals surface area contributed by atoms with Gasteiger partial charge in [-0.2, -0.15) is 0 Å². The molecule has 1 aromatic rings. The summed E-state index contributed by atoms with van der Waals surface area (Å²) < 4.78 is 0. The van der Waals surface area contributed by atoms with Crippen LogP contribution in [0.15, 0.2) is 24.3 Å². The first-order chi connectivity index (χ1) is 6.69. The van der Waals surface area contributed by atoms with E-state index in [1.807, 2.05) is 6.92 Å². The number of carboxylic acids is 1. The van der Waals surface area contributed by atoms with Crippen LogP contribution in [-0.4, -0.2) is 11.1 Å². The first kappa shape index (κ1) is 10.5. The summed E-state index contributed by atoms with van der Waals surface area (Å²) in [6, 6.07) is 7.12. The zero-order valence-corrected chi connectivity index (χ0v) is 8.03. The molecule has 0 aliphatic carbocycles. The van der Waals surface area contributed by atoms with Crippen molar-refractivity contribution in [2.24, 2.45) is 5.84 Å². The van der Waals surface area contributed by atoms with E-state index in [1.54, 1.807) is 24.3 Å². The molecule has 0 fully saturated rings. The Labute approximate surface area is 82.7 Å². The molecule has 14 heavy (non-hydrogen) atoms. The van der Waals surface area contributed by atoms with Crippen LogP contribution in [0.1, 0.15) is 24.8 Å². The van der Waals surface area contributed by atoms with Gasteiger partial charge < -0.3 is 10.5 Å². The number of aliphatic carboxylic acids is 1. The van der Waals surface area contributed by atoms with E-state index in [-0.39, 0.29) is 0 Å². The SMILES string of the molecule is CCC(C(=O)O)c1cccc(NN)c1. The molecular formula is C10H14N2O2. The largest absolute Gasteiger partial charge is 0.481 e. The molecule has 0 radical (unpaired) electrons. The van der Waals surface area contributed by atoms with Crippen LogP contribution in [0.3, 0.4) is 0 Å². The predicted molar refractivity (Wildman–Crippen MR) is 54.9 cm³/mol. The van der Waals surface area contributed by atoms with Gasteiger partial charge in [0.1, 0.15) is 0 Å². The normalized spacial score (nSPS) is 12.1. The van der Waals surface area contributed by atoms with E-state index in [0.29, 0.717) is 6.42 Å². The summed E-state index contributed by atoms with van der Waals surface area (Å²) >= 11 is 0. The Morgan fingerprint density at radius 3 is 2.86 bits per heavy atom. The summed E-state index contributed by atoms with van der Waals surface area (Å²) in [4.78, 5) is 10.9. The molecule has 1 aromatic carbocycles. The first-order valence-corrected chi connectivity index (χ1v) is 4.48. The third kappa shape index (κ3) is 2.23. The monoisotopic (exact) mass is 194 g/mol. The highest BCUT2D eigenvalue weighted by molar-refractivity contribution is 5.76. The lowest BCUT2D eigenvalue weighted by molar-refractivity contribution is -0.138. The van der Waals surface area contributed by atoms with Gasteiger partial charge >= 0.3 is 5.97 Å². The topological polar surface area (TPSA) is 75.3 Å². The van der Waals surface area contributed by atoms with Crippen LogP contribution >= 0.6 is 0 Å². The summed E-state index contributed by atoms with van der Waals surface area (Å²) in [5, 5.41) is 8.94. The number of hydrogen-bond donors (Lipinski definition) is 3. The second-order valence-electron chi connectivity index (χ2n) is 3.07. The first-order valence-electron chi connectivity index (χ1n) is 4.48. The van der Waals surface area contributed by atoms with Crippen molar-refractivity contribution in [1.29, 1.82) is 0 Å². The van der Waals surface area contributed by atoms with Crippen molar-refractivity contribution in [3.63, 3.8) is 0 Å². The van der Waals surface area contributed by atoms with Crippen LogP contribution in [0.4, 0.5) is 5.69 Å². The van der Waals surface area contributed by atoms with Crippen LogP contribution in [0.25, 0.3) is 0 Å². The van der Waals surface area contributed by atoms with E-state index < -0.39 is 11.9 Å². The van der Waals surface area contributed by atoms with Gasteiger partial charge in [0, 0.05) is 5.69 Å². The fourth-order valence-corrected chi connectivity index (χ4v) is 1.40. The number of rotatable bonds is 4. The van der Waals surface area contributed by atoms with Gasteiger partial charge in [-0.1, -0.05) is 19.1 Å². The van der Waals surface area contributed by atoms with Gasteiger partial charge in [0.15, 0.2) is 0 Å². The molecule has 0 saturated heterocycles. The fraction of sp³-hybridized carbons (Fsp3) is 0.300. The predicted octanol–water partition coefficient (Wildman–Crippen LogP) is 1.55. The molecule has 4 nitrogen and oxygen atoms in total. The van der Waals surface area contributed by atoms with Crippen LogP contribution in [0.2, 0.25) is 0 Å². The molecule has 0 amide bonds. The lowest BCUT2D eigenvalue weighted by Gasteiger charge is -2.11. The van der Waals surface area contributed by atoms with Gasteiger partial charge in [-0.15, -0.1) is 0 Å². The maximum Gasteiger partial charge on any atom is 0.310 e. The summed E-state index contributed by atoms with van der Waals surface area (Å²) in [7, 11) is 0. The average Bonchev–Trinajstić information content (AvgIpc) is 2.19. The Hall–Kier alpha value is -1.55. The second-order valence-corrected chi connectivity index (χ2v) is 3.07. The fourth-order valence-electron chi connectivity index (χ4n) is 1.40. The van der Waals surface area contributed by atoms with E-state index in [1.165, 1.54) is 0 Å². The summed E-state index contributed by atoms with van der Waals surface area (Å²) in [5.41, 5.74) is 3.99. The van der Waals surface area contributed by atoms with Crippen molar-refractivity contribution in [3.05, 3.63) is 29.8 Å². The van der Waals surface area contributed by atoms with Crippen LogP contribution in [0.5, 0.6) is 0 Å². The molecule has 0 aliphatic rings. The van der Waals surface area contributed by atoms with Crippen molar-refractivity contribution < 1.29 is 9.90 Å². The van der Waals surface area contributed by atoms with Gasteiger partial charge in [0.2, 0.25) is 0 Å². The van der Waals surface area contributed by atoms with E-state index in [0.717, 1.165) is 11.3 Å². The van der Waals surface area contributed by atoms with E-state index in [4.69, 9.17) is 10.9 Å². The van der Waals surface area contributed by atoms with Crippen LogP contribution in [0, 0.1) is 0 Å². The number of nitrogen functional groups attached to an aromatic ring is 1. The second kappa shape index (κ2) is 4.62. The molecule has 0 spiro atoms. The molecule has 0 heterocycles. The number of carboxylic acid groups (broad SMARTS) is 1. The summed E-state index contributed by atoms with van der Waals surface area (Å²) in [6.07, 6.45) is 0.573. The smallest absolute Gasteiger partial charge is 0.310 e. The Bertz CT molecular complexity index is 326. The number of hydrogen-bond acceptors (Lipinski definition) is 3. The van der Waals surface area contributed by atoms with Crippen molar-refractivity contribution >= 4 is 11.7 Å². The van der Waals surface area contributed by atoms with Crippen molar-refractivity contribution in [3.8, 4) is 0 Å². The molecule has 76 valence electrons. The Kier molecular flexibility index (Phi) is 3.48. The number of benzene rings is 1. The highest BCUT2D eigenvalue weighted by Gasteiger charge is 2.17. The maximum atomic E-state index is 10.9. The van der Waals surface area contributed by atoms with Gasteiger partial charge in [0.05, 0.1) is 5.92 Å². The van der Waals surface area contributed by atoms with Crippen molar-refractivity contribution in [1.82, 2.24) is 0 Å².